The van der Waals surface area contributed by atoms with Crippen LogP contribution in [0.3, 0.4) is 0 Å². The molecule has 0 saturated carbocycles. The molecule has 30 heavy (non-hydrogen) atoms. The van der Waals surface area contributed by atoms with E-state index in [4.69, 9.17) is 4.74 Å². The van der Waals surface area contributed by atoms with E-state index >= 15 is 0 Å². The van der Waals surface area contributed by atoms with Gasteiger partial charge in [-0.2, -0.15) is 0 Å². The summed E-state index contributed by atoms with van der Waals surface area (Å²) in [6, 6.07) is 19.1. The smallest absolute Gasteiger partial charge is 0.264 e. The number of aliphatic hydroxyl groups is 1. The molecule has 0 amide bonds. The van der Waals surface area contributed by atoms with Crippen molar-refractivity contribution in [1.82, 2.24) is 4.57 Å². The number of sulfonamides is 1. The summed E-state index contributed by atoms with van der Waals surface area (Å²) in [6.45, 7) is 3.10. The Labute approximate surface area is 178 Å². The topological polar surface area (TPSA) is 71.8 Å². The van der Waals surface area contributed by atoms with Gasteiger partial charge in [0.05, 0.1) is 22.9 Å². The van der Waals surface area contributed by atoms with Crippen LogP contribution >= 0.6 is 0 Å². The minimum absolute atomic E-state index is 0.234. The van der Waals surface area contributed by atoms with Crippen LogP contribution in [0.15, 0.2) is 77.8 Å². The fourth-order valence-corrected chi connectivity index (χ4v) is 4.76. The number of ether oxygens (including phenoxy) is 1. The van der Waals surface area contributed by atoms with Crippen molar-refractivity contribution in [2.75, 3.05) is 25.1 Å². The zero-order chi connectivity index (χ0) is 21.8. The Kier molecular flexibility index (Phi) is 6.65. The lowest BCUT2D eigenvalue weighted by atomic mass is 9.87. The van der Waals surface area contributed by atoms with E-state index in [-0.39, 0.29) is 4.90 Å². The highest BCUT2D eigenvalue weighted by atomic mass is 32.2. The number of nitrogens with zero attached hydrogens (tertiary/aromatic N) is 2. The molecular formula is C23H28N2O4S. The van der Waals surface area contributed by atoms with Gasteiger partial charge in [0.1, 0.15) is 5.60 Å². The lowest BCUT2D eigenvalue weighted by Crippen LogP contribution is -2.30. The molecule has 0 spiro atoms. The fourth-order valence-electron chi connectivity index (χ4n) is 3.54. The lowest BCUT2D eigenvalue weighted by molar-refractivity contribution is 0.0660. The van der Waals surface area contributed by atoms with Gasteiger partial charge in [0.2, 0.25) is 0 Å². The highest BCUT2D eigenvalue weighted by Gasteiger charge is 2.32. The minimum atomic E-state index is -3.65. The molecular weight excluding hydrogens is 400 g/mol. The third kappa shape index (κ3) is 4.14. The average Bonchev–Trinajstić information content (AvgIpc) is 3.26. The molecule has 7 heteroatoms. The Hall–Kier alpha value is -2.61. The summed E-state index contributed by atoms with van der Waals surface area (Å²) in [7, 11) is -0.480. The van der Waals surface area contributed by atoms with Gasteiger partial charge in [-0.3, -0.25) is 4.31 Å². The highest BCUT2D eigenvalue weighted by Crippen LogP contribution is 2.34. The summed E-state index contributed by atoms with van der Waals surface area (Å²) in [5.41, 5.74) is 0.819. The van der Waals surface area contributed by atoms with Crippen LogP contribution in [0.1, 0.15) is 24.6 Å². The maximum Gasteiger partial charge on any atom is 0.264 e. The first-order chi connectivity index (χ1) is 14.3. The van der Waals surface area contributed by atoms with Crippen LogP contribution in [-0.4, -0.2) is 38.9 Å². The van der Waals surface area contributed by atoms with Gasteiger partial charge in [-0.15, -0.1) is 0 Å². The number of methoxy groups -OCH3 is 1. The van der Waals surface area contributed by atoms with Crippen molar-refractivity contribution in [3.05, 3.63) is 84.2 Å². The molecule has 160 valence electrons. The quantitative estimate of drug-likeness (QED) is 0.565. The van der Waals surface area contributed by atoms with Gasteiger partial charge in [-0.1, -0.05) is 37.3 Å². The first-order valence-corrected chi connectivity index (χ1v) is 11.3. The second kappa shape index (κ2) is 9.04. The molecule has 3 aromatic rings. The molecule has 1 atom stereocenters. The fraction of sp³-hybridized carbons (Fsp3) is 0.304. The number of hydrogen-bond acceptors (Lipinski definition) is 4. The molecule has 1 aromatic heterocycles. The second-order valence-corrected chi connectivity index (χ2v) is 9.10. The van der Waals surface area contributed by atoms with Crippen LogP contribution in [0.25, 0.3) is 0 Å². The van der Waals surface area contributed by atoms with Gasteiger partial charge >= 0.3 is 0 Å². The third-order valence-corrected chi connectivity index (χ3v) is 7.21. The van der Waals surface area contributed by atoms with Gasteiger partial charge in [-0.25, -0.2) is 8.42 Å². The largest absolute Gasteiger partial charge is 0.383 e. The molecule has 1 heterocycles. The van der Waals surface area contributed by atoms with E-state index in [0.717, 1.165) is 5.69 Å². The lowest BCUT2D eigenvalue weighted by Gasteiger charge is -2.30. The number of benzene rings is 2. The van der Waals surface area contributed by atoms with E-state index in [0.29, 0.717) is 30.8 Å². The van der Waals surface area contributed by atoms with Crippen molar-refractivity contribution in [2.24, 2.45) is 0 Å². The predicted molar refractivity (Wildman–Crippen MR) is 118 cm³/mol. The monoisotopic (exact) mass is 428 g/mol. The second-order valence-electron chi connectivity index (χ2n) is 7.13. The van der Waals surface area contributed by atoms with Crippen LogP contribution in [0.5, 0.6) is 0 Å². The average molecular weight is 429 g/mol. The SMILES string of the molecule is CCC(O)(c1ccc(N(C)S(=O)(=O)c2ccccc2)cc1)c1cccn1CCOC. The Balaban J connectivity index is 1.91. The Bertz CT molecular complexity index is 1060. The summed E-state index contributed by atoms with van der Waals surface area (Å²) in [5.74, 6) is 0. The zero-order valence-corrected chi connectivity index (χ0v) is 18.3. The van der Waals surface area contributed by atoms with Crippen LogP contribution in [-0.2, 0) is 26.9 Å². The van der Waals surface area contributed by atoms with Crippen LogP contribution in [0.2, 0.25) is 0 Å². The van der Waals surface area contributed by atoms with Gasteiger partial charge in [0.15, 0.2) is 0 Å². The Morgan fingerprint density at radius 1 is 1.03 bits per heavy atom. The number of rotatable bonds is 9. The summed E-state index contributed by atoms with van der Waals surface area (Å²) < 4.78 is 34.1. The minimum Gasteiger partial charge on any atom is -0.383 e. The molecule has 0 aliphatic heterocycles. The third-order valence-electron chi connectivity index (χ3n) is 5.41. The maximum atomic E-state index is 12.9. The molecule has 3 rings (SSSR count). The van der Waals surface area contributed by atoms with Crippen molar-refractivity contribution < 1.29 is 18.3 Å². The van der Waals surface area contributed by atoms with E-state index in [1.807, 2.05) is 29.8 Å². The van der Waals surface area contributed by atoms with Gasteiger partial charge in [-0.05, 0) is 48.4 Å². The van der Waals surface area contributed by atoms with Crippen molar-refractivity contribution in [3.8, 4) is 0 Å². The summed E-state index contributed by atoms with van der Waals surface area (Å²) in [4.78, 5) is 0.234. The summed E-state index contributed by atoms with van der Waals surface area (Å²) in [5, 5.41) is 11.5. The van der Waals surface area contributed by atoms with E-state index < -0.39 is 15.6 Å². The van der Waals surface area contributed by atoms with E-state index in [1.54, 1.807) is 61.7 Å². The van der Waals surface area contributed by atoms with Crippen molar-refractivity contribution in [2.45, 2.75) is 30.4 Å². The molecule has 6 nitrogen and oxygen atoms in total. The van der Waals surface area contributed by atoms with E-state index in [2.05, 4.69) is 0 Å². The van der Waals surface area contributed by atoms with Crippen LogP contribution in [0.4, 0.5) is 5.69 Å². The number of aromatic nitrogens is 1. The molecule has 0 fully saturated rings. The molecule has 0 bridgehead atoms. The predicted octanol–water partition coefficient (Wildman–Crippen LogP) is 3.61. The molecule has 0 aliphatic rings. The van der Waals surface area contributed by atoms with Gasteiger partial charge in [0.25, 0.3) is 10.0 Å². The standard InChI is InChI=1S/C23H28N2O4S/c1-4-23(26,22-11-8-16-25(22)17-18-29-3)19-12-14-20(15-13-19)24(2)30(27,28)21-9-6-5-7-10-21/h5-16,26H,4,17-18H2,1-3H3. The molecule has 1 N–H and O–H groups in total. The first-order valence-electron chi connectivity index (χ1n) is 9.86. The van der Waals surface area contributed by atoms with Crippen molar-refractivity contribution in [3.63, 3.8) is 0 Å². The van der Waals surface area contributed by atoms with Crippen LogP contribution < -0.4 is 4.31 Å². The first kappa shape index (κ1) is 22.1. The molecule has 0 radical (unpaired) electrons. The van der Waals surface area contributed by atoms with E-state index in [1.165, 1.54) is 11.4 Å². The zero-order valence-electron chi connectivity index (χ0n) is 17.5. The van der Waals surface area contributed by atoms with Crippen molar-refractivity contribution in [1.29, 1.82) is 0 Å². The Morgan fingerprint density at radius 2 is 1.70 bits per heavy atom. The molecule has 0 aliphatic carbocycles. The van der Waals surface area contributed by atoms with E-state index in [9.17, 15) is 13.5 Å². The van der Waals surface area contributed by atoms with Gasteiger partial charge < -0.3 is 14.4 Å². The summed E-state index contributed by atoms with van der Waals surface area (Å²) in [6.07, 6.45) is 2.39. The summed E-state index contributed by atoms with van der Waals surface area (Å²) >= 11 is 0. The molecule has 2 aromatic carbocycles. The van der Waals surface area contributed by atoms with Crippen molar-refractivity contribution >= 4 is 15.7 Å². The Morgan fingerprint density at radius 3 is 2.30 bits per heavy atom. The normalized spacial score (nSPS) is 13.7. The van der Waals surface area contributed by atoms with Crippen LogP contribution in [0, 0.1) is 0 Å². The molecule has 1 unspecified atom stereocenters. The number of anilines is 1. The maximum absolute atomic E-state index is 12.9. The number of hydrogen-bond donors (Lipinski definition) is 1. The van der Waals surface area contributed by atoms with Gasteiger partial charge in [0, 0.05) is 26.9 Å². The highest BCUT2D eigenvalue weighted by molar-refractivity contribution is 7.92. The molecule has 0 saturated heterocycles.